The summed E-state index contributed by atoms with van der Waals surface area (Å²) in [5, 5.41) is 16.8. The number of ether oxygens (including phenoxy) is 1. The molecular formula is C30H26N6O2S. The number of carbonyl (C=O) groups is 1. The monoisotopic (exact) mass is 534 g/mol. The first kappa shape index (κ1) is 24.8. The lowest BCUT2D eigenvalue weighted by molar-refractivity contribution is -0.114. The number of nitrogens with zero attached hydrogens (tertiary/aromatic N) is 5. The molecule has 0 atom stereocenters. The van der Waals surface area contributed by atoms with Crippen molar-refractivity contribution in [2.45, 2.75) is 26.3 Å². The summed E-state index contributed by atoms with van der Waals surface area (Å²) in [5.41, 5.74) is 4.23. The number of amides is 1. The average molecular weight is 535 g/mol. The fraction of sp³-hybridized carbons (Fsp3) is 0.167. The fourth-order valence-electron chi connectivity index (χ4n) is 4.58. The number of hydrazone groups is 1. The molecule has 2 aliphatic rings. The molecule has 6 rings (SSSR count). The van der Waals surface area contributed by atoms with Crippen LogP contribution in [0.2, 0.25) is 0 Å². The van der Waals surface area contributed by atoms with Crippen molar-refractivity contribution >= 4 is 50.7 Å². The number of nitrogens with one attached hydrogen (secondary N) is 1. The lowest BCUT2D eigenvalue weighted by Crippen LogP contribution is -2.35. The quantitative estimate of drug-likeness (QED) is 0.230. The van der Waals surface area contributed by atoms with E-state index in [4.69, 9.17) is 10.1 Å². The number of carbonyl (C=O) groups excluding carboxylic acids is 1. The molecule has 0 spiro atoms. The molecule has 0 radical (unpaired) electrons. The van der Waals surface area contributed by atoms with Crippen molar-refractivity contribution in [2.75, 3.05) is 6.61 Å². The van der Waals surface area contributed by atoms with Crippen molar-refractivity contribution in [1.29, 1.82) is 5.41 Å². The Hall–Kier alpha value is -4.50. The zero-order valence-corrected chi connectivity index (χ0v) is 22.2. The van der Waals surface area contributed by atoms with Gasteiger partial charge in [0.2, 0.25) is 5.17 Å². The molecule has 4 heterocycles. The highest BCUT2D eigenvalue weighted by molar-refractivity contribution is 8.27. The third kappa shape index (κ3) is 5.00. The molecule has 2 aliphatic heterocycles. The third-order valence-electron chi connectivity index (χ3n) is 6.63. The number of aliphatic imine (C=N–C) groups is 1. The lowest BCUT2D eigenvalue weighted by atomic mass is 10.1. The van der Waals surface area contributed by atoms with Gasteiger partial charge < -0.3 is 9.30 Å². The highest BCUT2D eigenvalue weighted by atomic mass is 32.2. The molecule has 0 saturated heterocycles. The summed E-state index contributed by atoms with van der Waals surface area (Å²) in [7, 11) is 0. The van der Waals surface area contributed by atoms with Crippen LogP contribution >= 0.6 is 11.8 Å². The van der Waals surface area contributed by atoms with Gasteiger partial charge in [0.15, 0.2) is 5.84 Å². The van der Waals surface area contributed by atoms with Crippen molar-refractivity contribution in [3.63, 3.8) is 0 Å². The molecule has 0 aliphatic carbocycles. The van der Waals surface area contributed by atoms with Gasteiger partial charge in [0.1, 0.15) is 10.8 Å². The standard InChI is InChI=1S/C30H26N6O2S/c1-2-20-10-12-23(13-11-20)38-16-6-15-35-19-22(24-8-3-4-9-26(24)35)17-25-27(31)36-30(33-28(25)37)39-29(34-36)21-7-5-14-32-18-21/h3-5,7-14,17-19,31H,2,6,15-16H2,1H3. The molecular weight excluding hydrogens is 508 g/mol. The molecule has 1 N–H and O–H groups in total. The van der Waals surface area contributed by atoms with Gasteiger partial charge in [-0.3, -0.25) is 15.2 Å². The molecule has 0 saturated carbocycles. The number of aromatic nitrogens is 2. The number of fused-ring (bicyclic) bond motifs is 2. The van der Waals surface area contributed by atoms with Crippen LogP contribution in [-0.4, -0.2) is 43.1 Å². The Kier molecular flexibility index (Phi) is 6.81. The van der Waals surface area contributed by atoms with Crippen molar-refractivity contribution in [2.24, 2.45) is 10.1 Å². The summed E-state index contributed by atoms with van der Waals surface area (Å²) in [6, 6.07) is 20.0. The summed E-state index contributed by atoms with van der Waals surface area (Å²) in [4.78, 5) is 21.4. The Labute approximate surface area is 230 Å². The number of pyridine rings is 1. The number of amidine groups is 2. The van der Waals surface area contributed by atoms with E-state index in [1.165, 1.54) is 22.3 Å². The molecule has 2 aromatic heterocycles. The van der Waals surface area contributed by atoms with E-state index in [0.717, 1.165) is 47.2 Å². The number of thioether (sulfide) groups is 1. The van der Waals surface area contributed by atoms with Crippen LogP contribution in [0.4, 0.5) is 0 Å². The molecule has 4 aromatic rings. The van der Waals surface area contributed by atoms with Gasteiger partial charge in [0, 0.05) is 47.2 Å². The first-order chi connectivity index (χ1) is 19.1. The molecule has 0 bridgehead atoms. The maximum absolute atomic E-state index is 13.0. The van der Waals surface area contributed by atoms with E-state index in [2.05, 4.69) is 44.8 Å². The van der Waals surface area contributed by atoms with Crippen LogP contribution in [0.1, 0.15) is 30.0 Å². The second-order valence-electron chi connectivity index (χ2n) is 9.16. The minimum atomic E-state index is -0.444. The molecule has 0 unspecified atom stereocenters. The van der Waals surface area contributed by atoms with Crippen molar-refractivity contribution in [3.8, 4) is 5.75 Å². The minimum absolute atomic E-state index is 0.00992. The third-order valence-corrected chi connectivity index (χ3v) is 7.58. The van der Waals surface area contributed by atoms with Gasteiger partial charge in [-0.1, -0.05) is 37.3 Å². The second kappa shape index (κ2) is 10.7. The van der Waals surface area contributed by atoms with Crippen LogP contribution < -0.4 is 4.74 Å². The number of rotatable bonds is 8. The maximum atomic E-state index is 13.0. The van der Waals surface area contributed by atoms with E-state index in [1.54, 1.807) is 18.5 Å². The van der Waals surface area contributed by atoms with Crippen LogP contribution in [-0.2, 0) is 17.8 Å². The number of benzene rings is 2. The smallest absolute Gasteiger partial charge is 0.283 e. The van der Waals surface area contributed by atoms with Crippen LogP contribution in [0.3, 0.4) is 0 Å². The van der Waals surface area contributed by atoms with Crippen molar-refractivity contribution in [1.82, 2.24) is 14.6 Å². The van der Waals surface area contributed by atoms with E-state index >= 15 is 0 Å². The molecule has 1 amide bonds. The molecule has 2 aromatic carbocycles. The van der Waals surface area contributed by atoms with E-state index in [0.29, 0.717) is 16.8 Å². The van der Waals surface area contributed by atoms with Gasteiger partial charge in [-0.2, -0.15) is 15.1 Å². The first-order valence-electron chi connectivity index (χ1n) is 12.8. The maximum Gasteiger partial charge on any atom is 0.283 e. The van der Waals surface area contributed by atoms with E-state index in [1.807, 2.05) is 48.7 Å². The molecule has 0 fully saturated rings. The van der Waals surface area contributed by atoms with Gasteiger partial charge >= 0.3 is 0 Å². The predicted molar refractivity (Wildman–Crippen MR) is 156 cm³/mol. The number of hydrogen-bond acceptors (Lipinski definition) is 6. The minimum Gasteiger partial charge on any atom is -0.494 e. The van der Waals surface area contributed by atoms with Crippen LogP contribution in [0.5, 0.6) is 5.75 Å². The Morgan fingerprint density at radius 2 is 1.92 bits per heavy atom. The largest absolute Gasteiger partial charge is 0.494 e. The Bertz CT molecular complexity index is 1650. The molecule has 9 heteroatoms. The first-order valence-corrected chi connectivity index (χ1v) is 13.6. The summed E-state index contributed by atoms with van der Waals surface area (Å²) in [6.07, 6.45) is 9.00. The second-order valence-corrected chi connectivity index (χ2v) is 10.1. The summed E-state index contributed by atoms with van der Waals surface area (Å²) >= 11 is 1.26. The number of aryl methyl sites for hydroxylation is 2. The van der Waals surface area contributed by atoms with Crippen molar-refractivity contribution in [3.05, 3.63) is 102 Å². The van der Waals surface area contributed by atoms with E-state index in [9.17, 15) is 4.79 Å². The van der Waals surface area contributed by atoms with Crippen LogP contribution in [0, 0.1) is 5.41 Å². The molecule has 8 nitrogen and oxygen atoms in total. The highest BCUT2D eigenvalue weighted by Crippen LogP contribution is 2.32. The SMILES string of the molecule is CCc1ccc(OCCCn2cc(C=C3C(=N)N4N=C(c5cccnc5)SC4=NC3=O)c3ccccc32)cc1. The summed E-state index contributed by atoms with van der Waals surface area (Å²) in [5.74, 6) is 0.440. The summed E-state index contributed by atoms with van der Waals surface area (Å²) in [6.45, 7) is 3.49. The zero-order chi connectivity index (χ0) is 26.8. The molecule has 194 valence electrons. The summed E-state index contributed by atoms with van der Waals surface area (Å²) < 4.78 is 8.11. The van der Waals surface area contributed by atoms with Crippen LogP contribution in [0.25, 0.3) is 17.0 Å². The normalized spacial score (nSPS) is 16.0. The van der Waals surface area contributed by atoms with Crippen LogP contribution in [0.15, 0.2) is 94.9 Å². The van der Waals surface area contributed by atoms with Crippen molar-refractivity contribution < 1.29 is 9.53 Å². The fourth-order valence-corrected chi connectivity index (χ4v) is 5.46. The van der Waals surface area contributed by atoms with Gasteiger partial charge in [0.25, 0.3) is 5.91 Å². The molecule has 39 heavy (non-hydrogen) atoms. The Morgan fingerprint density at radius 1 is 1.08 bits per heavy atom. The Balaban J connectivity index is 1.21. The number of hydrogen-bond donors (Lipinski definition) is 1. The van der Waals surface area contributed by atoms with Gasteiger partial charge in [-0.15, -0.1) is 0 Å². The predicted octanol–water partition coefficient (Wildman–Crippen LogP) is 5.74. The van der Waals surface area contributed by atoms with Gasteiger partial charge in [0.05, 0.1) is 12.2 Å². The number of para-hydroxylation sites is 1. The lowest BCUT2D eigenvalue weighted by Gasteiger charge is -2.20. The average Bonchev–Trinajstić information content (AvgIpc) is 3.56. The van der Waals surface area contributed by atoms with Gasteiger partial charge in [-0.25, -0.2) is 0 Å². The topological polar surface area (TPSA) is 95.9 Å². The van der Waals surface area contributed by atoms with E-state index in [-0.39, 0.29) is 11.4 Å². The highest BCUT2D eigenvalue weighted by Gasteiger charge is 2.36. The van der Waals surface area contributed by atoms with E-state index < -0.39 is 5.91 Å². The van der Waals surface area contributed by atoms with Gasteiger partial charge in [-0.05, 0) is 66.6 Å². The zero-order valence-electron chi connectivity index (χ0n) is 21.4. The Morgan fingerprint density at radius 3 is 2.72 bits per heavy atom.